The van der Waals surface area contributed by atoms with Gasteiger partial charge in [-0.1, -0.05) is 23.7 Å². The van der Waals surface area contributed by atoms with Crippen LogP contribution in [-0.4, -0.2) is 69.4 Å². The SMILES string of the molecule is O=C1CCC(N2Cc3cc(CNC(=O)Nc4ccc(Cl)cc4C(F)(F)F)sc3C2=O)C(=O)N1.[C-]#[N+]c1cccc(NC(=O)NCc2cc3c(s2)C(=O)N(C2CCC(=O)NC2=O)C3)c1. The second-order valence-corrected chi connectivity index (χ2v) is 17.1. The first-order valence-electron chi connectivity index (χ1n) is 18.9. The molecule has 326 valence electrons. The van der Waals surface area contributed by atoms with Gasteiger partial charge >= 0.3 is 18.2 Å². The molecule has 2 atom stereocenters. The van der Waals surface area contributed by atoms with Crippen LogP contribution < -0.4 is 31.9 Å². The van der Waals surface area contributed by atoms with Crippen molar-refractivity contribution in [2.24, 2.45) is 0 Å². The Labute approximate surface area is 368 Å². The molecule has 6 N–H and O–H groups in total. The standard InChI is InChI=1S/C20H16ClF3N4O4S.C20H17N5O4S/c21-10-1-2-13(12(6-10)20(22,23)24)26-19(32)25-7-11-5-9-8-28(18(31)16(9)33-11)14-3-4-15(29)27-17(14)30;1-21-12-3-2-4-13(8-12)23-20(29)22-9-14-7-11-10-25(19(28)17(11)30-14)15-5-6-16(26)24-18(15)27/h1-2,5-6,14H,3-4,7-8H2,(H2,25,26,32)(H,27,29,30);2-4,7-8,15H,5-6,9-10H2,(H2,22,23,29)(H,24,26,27). The molecule has 2 fully saturated rings. The van der Waals surface area contributed by atoms with Crippen molar-refractivity contribution >= 4 is 98.8 Å². The topological polar surface area (TPSA) is 220 Å². The number of fused-ring (bicyclic) bond motifs is 2. The van der Waals surface area contributed by atoms with Crippen LogP contribution >= 0.6 is 34.3 Å². The molecule has 0 saturated carbocycles. The van der Waals surface area contributed by atoms with Crippen molar-refractivity contribution in [2.45, 2.75) is 70.1 Å². The van der Waals surface area contributed by atoms with Crippen LogP contribution in [-0.2, 0) is 51.5 Å². The summed E-state index contributed by atoms with van der Waals surface area (Å²) in [5.41, 5.74) is 0.944. The Bertz CT molecular complexity index is 2630. The van der Waals surface area contributed by atoms with Crippen molar-refractivity contribution < 1.29 is 51.5 Å². The van der Waals surface area contributed by atoms with Crippen LogP contribution in [0.5, 0.6) is 0 Å². The van der Waals surface area contributed by atoms with Gasteiger partial charge in [0.1, 0.15) is 12.1 Å². The van der Waals surface area contributed by atoms with Gasteiger partial charge in [0.15, 0.2) is 5.69 Å². The molecule has 0 radical (unpaired) electrons. The third-order valence-corrected chi connectivity index (χ3v) is 12.7. The van der Waals surface area contributed by atoms with E-state index < -0.39 is 53.4 Å². The quantitative estimate of drug-likeness (QED) is 0.0923. The first-order valence-corrected chi connectivity index (χ1v) is 20.9. The minimum absolute atomic E-state index is 0.00978. The molecule has 0 aliphatic carbocycles. The first kappa shape index (κ1) is 44.2. The van der Waals surface area contributed by atoms with Gasteiger partial charge in [-0.05, 0) is 66.4 Å². The van der Waals surface area contributed by atoms with E-state index in [-0.39, 0.29) is 67.5 Å². The fraction of sp³-hybridized carbons (Fsp3) is 0.275. The van der Waals surface area contributed by atoms with Gasteiger partial charge in [0, 0.05) is 46.4 Å². The van der Waals surface area contributed by atoms with Gasteiger partial charge in [0.2, 0.25) is 23.6 Å². The minimum atomic E-state index is -4.70. The number of benzene rings is 2. The summed E-state index contributed by atoms with van der Waals surface area (Å²) in [7, 11) is 0. The van der Waals surface area contributed by atoms with Crippen LogP contribution in [0.15, 0.2) is 54.6 Å². The number of imide groups is 2. The molecule has 4 aliphatic rings. The fourth-order valence-corrected chi connectivity index (χ4v) is 9.47. The van der Waals surface area contributed by atoms with Gasteiger partial charge in [0.05, 0.1) is 40.7 Å². The number of thiophene rings is 2. The average molecular weight is 924 g/mol. The number of carbonyl (C=O) groups excluding carboxylic acids is 8. The summed E-state index contributed by atoms with van der Waals surface area (Å²) in [5.74, 6) is -2.19. The highest BCUT2D eigenvalue weighted by atomic mass is 35.5. The Balaban J connectivity index is 0.000000190. The smallest absolute Gasteiger partial charge is 0.333 e. The number of hydrogen-bond acceptors (Lipinski definition) is 10. The number of piperidine rings is 2. The number of halogens is 4. The lowest BCUT2D eigenvalue weighted by atomic mass is 10.0. The second kappa shape index (κ2) is 18.3. The Morgan fingerprint density at radius 3 is 1.76 bits per heavy atom. The summed E-state index contributed by atoms with van der Waals surface area (Å²) in [6.07, 6.45) is -3.74. The number of rotatable bonds is 8. The Hall–Kier alpha value is -6.83. The molecule has 0 spiro atoms. The number of alkyl halides is 3. The number of amides is 10. The van der Waals surface area contributed by atoms with E-state index >= 15 is 0 Å². The molecule has 8 rings (SSSR count). The summed E-state index contributed by atoms with van der Waals surface area (Å²) in [6, 6.07) is 10.6. The molecule has 4 aliphatic heterocycles. The van der Waals surface area contributed by atoms with Gasteiger partial charge in [-0.15, -0.1) is 22.7 Å². The van der Waals surface area contributed by atoms with Crippen LogP contribution in [0, 0.1) is 6.57 Å². The molecule has 23 heteroatoms. The Morgan fingerprint density at radius 1 is 0.762 bits per heavy atom. The minimum Gasteiger partial charge on any atom is -0.333 e. The summed E-state index contributed by atoms with van der Waals surface area (Å²) in [4.78, 5) is 105. The van der Waals surface area contributed by atoms with Gasteiger partial charge in [0.25, 0.3) is 11.8 Å². The van der Waals surface area contributed by atoms with Crippen molar-refractivity contribution in [3.8, 4) is 0 Å². The predicted octanol–water partition coefficient (Wildman–Crippen LogP) is 5.88. The molecule has 10 amide bonds. The molecular formula is C40H33ClF3N9O8S2. The molecule has 6 heterocycles. The molecule has 17 nitrogen and oxygen atoms in total. The van der Waals surface area contributed by atoms with Crippen LogP contribution in [0.4, 0.5) is 39.8 Å². The third kappa shape index (κ3) is 10.1. The lowest BCUT2D eigenvalue weighted by Gasteiger charge is -2.29. The Morgan fingerprint density at radius 2 is 1.29 bits per heavy atom. The molecule has 2 unspecified atom stereocenters. The van der Waals surface area contributed by atoms with E-state index in [1.165, 1.54) is 27.2 Å². The van der Waals surface area contributed by atoms with Crippen LogP contribution in [0.3, 0.4) is 0 Å². The number of hydrogen-bond donors (Lipinski definition) is 6. The highest BCUT2D eigenvalue weighted by Crippen LogP contribution is 2.38. The normalized spacial score (nSPS) is 18.1. The lowest BCUT2D eigenvalue weighted by Crippen LogP contribution is -2.52. The van der Waals surface area contributed by atoms with Crippen LogP contribution in [0.25, 0.3) is 4.85 Å². The van der Waals surface area contributed by atoms with E-state index in [0.29, 0.717) is 44.5 Å². The van der Waals surface area contributed by atoms with Crippen molar-refractivity contribution in [1.82, 2.24) is 31.1 Å². The van der Waals surface area contributed by atoms with Gasteiger partial charge in [-0.3, -0.25) is 39.4 Å². The van der Waals surface area contributed by atoms with Crippen molar-refractivity contribution in [2.75, 3.05) is 10.6 Å². The van der Waals surface area contributed by atoms with Gasteiger partial charge < -0.3 is 31.1 Å². The average Bonchev–Trinajstić information content (AvgIpc) is 3.98. The molecule has 4 aromatic rings. The third-order valence-electron chi connectivity index (χ3n) is 10.1. The molecule has 2 aromatic heterocycles. The van der Waals surface area contributed by atoms with Crippen molar-refractivity contribution in [3.05, 3.63) is 107 Å². The maximum atomic E-state index is 13.2. The van der Waals surface area contributed by atoms with Gasteiger partial charge in [-0.2, -0.15) is 13.2 Å². The molecular weight excluding hydrogens is 891 g/mol. The molecule has 2 aromatic carbocycles. The van der Waals surface area contributed by atoms with Crippen LogP contribution in [0.2, 0.25) is 5.02 Å². The molecule has 63 heavy (non-hydrogen) atoms. The molecule has 0 bridgehead atoms. The fourth-order valence-electron chi connectivity index (χ4n) is 7.17. The highest BCUT2D eigenvalue weighted by molar-refractivity contribution is 7.14. The molecule has 2 saturated heterocycles. The number of urea groups is 2. The maximum Gasteiger partial charge on any atom is 0.418 e. The summed E-state index contributed by atoms with van der Waals surface area (Å²) < 4.78 is 39.5. The predicted molar refractivity (Wildman–Crippen MR) is 222 cm³/mol. The second-order valence-electron chi connectivity index (χ2n) is 14.4. The Kier molecular flexibility index (Phi) is 12.8. The zero-order chi connectivity index (χ0) is 45.2. The number of nitrogens with one attached hydrogen (secondary N) is 6. The van der Waals surface area contributed by atoms with Crippen molar-refractivity contribution in [3.63, 3.8) is 0 Å². The maximum absolute atomic E-state index is 13.2. The zero-order valence-electron chi connectivity index (χ0n) is 32.4. The highest BCUT2D eigenvalue weighted by Gasteiger charge is 2.42. The van der Waals surface area contributed by atoms with E-state index in [9.17, 15) is 51.5 Å². The largest absolute Gasteiger partial charge is 0.418 e. The summed E-state index contributed by atoms with van der Waals surface area (Å²) >= 11 is 8.04. The van der Waals surface area contributed by atoms with E-state index in [0.717, 1.165) is 33.9 Å². The first-order chi connectivity index (χ1) is 30.0. The summed E-state index contributed by atoms with van der Waals surface area (Å²) in [6.45, 7) is 7.76. The zero-order valence-corrected chi connectivity index (χ0v) is 34.8. The van der Waals surface area contributed by atoms with Crippen LogP contribution in [0.1, 0.15) is 71.5 Å². The van der Waals surface area contributed by atoms with E-state index in [2.05, 4.69) is 36.7 Å². The summed E-state index contributed by atoms with van der Waals surface area (Å²) in [5, 5.41) is 14.4. The van der Waals surface area contributed by atoms with Crippen molar-refractivity contribution in [1.29, 1.82) is 0 Å². The van der Waals surface area contributed by atoms with E-state index in [1.807, 2.05) is 6.07 Å². The number of nitrogens with zero attached hydrogens (tertiary/aromatic N) is 3. The van der Waals surface area contributed by atoms with E-state index in [1.54, 1.807) is 30.3 Å². The number of anilines is 2. The number of carbonyl (C=O) groups is 8. The lowest BCUT2D eigenvalue weighted by molar-refractivity contribution is -0.138. The monoisotopic (exact) mass is 923 g/mol. The van der Waals surface area contributed by atoms with E-state index in [4.69, 9.17) is 18.2 Å². The van der Waals surface area contributed by atoms with Gasteiger partial charge in [-0.25, -0.2) is 14.4 Å².